The molecule has 0 radical (unpaired) electrons. The van der Waals surface area contributed by atoms with Gasteiger partial charge in [0.1, 0.15) is 11.5 Å². The molecular weight excluding hydrogens is 356 g/mol. The molecule has 0 aliphatic carbocycles. The molecule has 1 N–H and O–H groups in total. The Morgan fingerprint density at radius 2 is 1.64 bits per heavy atom. The topological polar surface area (TPSA) is 60.0 Å². The molecule has 0 bridgehead atoms. The van der Waals surface area contributed by atoms with Crippen LogP contribution in [0, 0.1) is 0 Å². The number of benzene rings is 2. The van der Waals surface area contributed by atoms with E-state index >= 15 is 0 Å². The average molecular weight is 384 g/mol. The quantitative estimate of drug-likeness (QED) is 0.668. The smallest absolute Gasteiger partial charge is 0.224 e. The van der Waals surface area contributed by atoms with E-state index in [0.717, 1.165) is 49.2 Å². The van der Waals surface area contributed by atoms with Crippen molar-refractivity contribution >= 4 is 17.3 Å². The molecule has 6 heteroatoms. The lowest BCUT2D eigenvalue weighted by molar-refractivity contribution is -0.116. The molecule has 1 heterocycles. The molecule has 0 atom stereocenters. The summed E-state index contributed by atoms with van der Waals surface area (Å²) < 4.78 is 16.4. The Labute approximate surface area is 166 Å². The predicted octanol–water partition coefficient (Wildman–Crippen LogP) is 3.72. The number of hydrogen-bond donors (Lipinski definition) is 1. The number of anilines is 2. The lowest BCUT2D eigenvalue weighted by Gasteiger charge is -2.28. The van der Waals surface area contributed by atoms with Crippen molar-refractivity contribution in [2.24, 2.45) is 0 Å². The van der Waals surface area contributed by atoms with Gasteiger partial charge in [0.15, 0.2) is 0 Å². The van der Waals surface area contributed by atoms with E-state index in [1.807, 2.05) is 55.5 Å². The third-order valence-electron chi connectivity index (χ3n) is 4.48. The molecule has 1 fully saturated rings. The second kappa shape index (κ2) is 10.6. The minimum atomic E-state index is -0.00517. The van der Waals surface area contributed by atoms with E-state index in [1.165, 1.54) is 0 Å². The van der Waals surface area contributed by atoms with Crippen molar-refractivity contribution in [2.75, 3.05) is 49.7 Å². The molecule has 28 heavy (non-hydrogen) atoms. The summed E-state index contributed by atoms with van der Waals surface area (Å²) in [5.74, 6) is 1.60. The number of rotatable bonds is 9. The molecule has 1 aliphatic heterocycles. The number of amides is 1. The maximum Gasteiger partial charge on any atom is 0.224 e. The Bertz CT molecular complexity index is 725. The molecule has 1 amide bonds. The van der Waals surface area contributed by atoms with Crippen LogP contribution in [0.3, 0.4) is 0 Å². The lowest BCUT2D eigenvalue weighted by atomic mass is 10.2. The molecule has 1 aliphatic rings. The molecule has 150 valence electrons. The van der Waals surface area contributed by atoms with Crippen LogP contribution in [-0.2, 0) is 9.53 Å². The van der Waals surface area contributed by atoms with Crippen molar-refractivity contribution in [3.8, 4) is 11.5 Å². The number of carbonyl (C=O) groups excluding carboxylic acids is 1. The largest absolute Gasteiger partial charge is 0.494 e. The van der Waals surface area contributed by atoms with Crippen LogP contribution in [0.5, 0.6) is 11.5 Å². The van der Waals surface area contributed by atoms with Crippen molar-refractivity contribution < 1.29 is 19.0 Å². The van der Waals surface area contributed by atoms with Gasteiger partial charge in [0.05, 0.1) is 26.4 Å². The first-order valence-corrected chi connectivity index (χ1v) is 9.83. The zero-order valence-corrected chi connectivity index (χ0v) is 16.4. The van der Waals surface area contributed by atoms with Crippen LogP contribution in [-0.4, -0.2) is 45.4 Å². The number of ether oxygens (including phenoxy) is 3. The van der Waals surface area contributed by atoms with E-state index in [1.54, 1.807) is 0 Å². The van der Waals surface area contributed by atoms with Gasteiger partial charge in [-0.15, -0.1) is 0 Å². The number of carbonyl (C=O) groups is 1. The third kappa shape index (κ3) is 6.16. The van der Waals surface area contributed by atoms with Crippen LogP contribution in [0.15, 0.2) is 48.5 Å². The van der Waals surface area contributed by atoms with Gasteiger partial charge in [-0.2, -0.15) is 0 Å². The zero-order chi connectivity index (χ0) is 19.6. The van der Waals surface area contributed by atoms with Crippen LogP contribution in [0.1, 0.15) is 19.8 Å². The number of nitrogens with zero attached hydrogens (tertiary/aromatic N) is 1. The average Bonchev–Trinajstić information content (AvgIpc) is 2.74. The van der Waals surface area contributed by atoms with Gasteiger partial charge in [-0.05, 0) is 61.9 Å². The summed E-state index contributed by atoms with van der Waals surface area (Å²) in [6.45, 7) is 6.42. The Morgan fingerprint density at radius 1 is 1.00 bits per heavy atom. The van der Waals surface area contributed by atoms with Crippen LogP contribution in [0.2, 0.25) is 0 Å². The molecule has 0 spiro atoms. The zero-order valence-electron chi connectivity index (χ0n) is 16.4. The summed E-state index contributed by atoms with van der Waals surface area (Å²) in [7, 11) is 0. The Morgan fingerprint density at radius 3 is 2.29 bits per heavy atom. The summed E-state index contributed by atoms with van der Waals surface area (Å²) >= 11 is 0. The fourth-order valence-corrected chi connectivity index (χ4v) is 3.02. The summed E-state index contributed by atoms with van der Waals surface area (Å²) in [5.41, 5.74) is 1.97. The van der Waals surface area contributed by atoms with E-state index in [9.17, 15) is 4.79 Å². The van der Waals surface area contributed by atoms with Crippen molar-refractivity contribution in [3.63, 3.8) is 0 Å². The van der Waals surface area contributed by atoms with Crippen molar-refractivity contribution in [3.05, 3.63) is 48.5 Å². The van der Waals surface area contributed by atoms with Crippen LogP contribution in [0.4, 0.5) is 11.4 Å². The highest BCUT2D eigenvalue weighted by molar-refractivity contribution is 5.90. The first-order valence-electron chi connectivity index (χ1n) is 9.83. The van der Waals surface area contributed by atoms with E-state index in [4.69, 9.17) is 14.2 Å². The number of nitrogens with one attached hydrogen (secondary N) is 1. The Balaban J connectivity index is 1.36. The highest BCUT2D eigenvalue weighted by Crippen LogP contribution is 2.20. The van der Waals surface area contributed by atoms with E-state index in [-0.39, 0.29) is 5.91 Å². The summed E-state index contributed by atoms with van der Waals surface area (Å²) in [4.78, 5) is 14.4. The van der Waals surface area contributed by atoms with Crippen LogP contribution < -0.4 is 19.7 Å². The number of morpholine rings is 1. The predicted molar refractivity (Wildman–Crippen MR) is 110 cm³/mol. The van der Waals surface area contributed by atoms with Crippen molar-refractivity contribution in [1.29, 1.82) is 0 Å². The Kier molecular flexibility index (Phi) is 7.55. The van der Waals surface area contributed by atoms with E-state index < -0.39 is 0 Å². The van der Waals surface area contributed by atoms with Crippen LogP contribution in [0.25, 0.3) is 0 Å². The van der Waals surface area contributed by atoms with E-state index in [0.29, 0.717) is 26.1 Å². The molecule has 2 aromatic rings. The highest BCUT2D eigenvalue weighted by atomic mass is 16.5. The maximum absolute atomic E-state index is 12.1. The minimum Gasteiger partial charge on any atom is -0.494 e. The normalized spacial score (nSPS) is 13.8. The van der Waals surface area contributed by atoms with Gasteiger partial charge in [-0.1, -0.05) is 0 Å². The first kappa shape index (κ1) is 20.0. The van der Waals surface area contributed by atoms with Gasteiger partial charge in [-0.25, -0.2) is 0 Å². The molecule has 1 saturated heterocycles. The fourth-order valence-electron chi connectivity index (χ4n) is 3.02. The fraction of sp³-hybridized carbons (Fsp3) is 0.409. The maximum atomic E-state index is 12.1. The second-order valence-corrected chi connectivity index (χ2v) is 6.55. The number of hydrogen-bond acceptors (Lipinski definition) is 5. The second-order valence-electron chi connectivity index (χ2n) is 6.55. The molecule has 0 unspecified atom stereocenters. The first-order chi connectivity index (χ1) is 13.7. The summed E-state index contributed by atoms with van der Waals surface area (Å²) in [5, 5.41) is 2.94. The van der Waals surface area contributed by atoms with E-state index in [2.05, 4.69) is 10.2 Å². The third-order valence-corrected chi connectivity index (χ3v) is 4.48. The highest BCUT2D eigenvalue weighted by Gasteiger charge is 2.11. The Hall–Kier alpha value is -2.73. The van der Waals surface area contributed by atoms with Crippen molar-refractivity contribution in [2.45, 2.75) is 19.8 Å². The van der Waals surface area contributed by atoms with Gasteiger partial charge in [0.2, 0.25) is 5.91 Å². The van der Waals surface area contributed by atoms with Gasteiger partial charge >= 0.3 is 0 Å². The molecule has 3 rings (SSSR count). The molecule has 2 aromatic carbocycles. The monoisotopic (exact) mass is 384 g/mol. The minimum absolute atomic E-state index is 0.00517. The molecule has 0 saturated carbocycles. The molecule has 0 aromatic heterocycles. The molecule has 6 nitrogen and oxygen atoms in total. The van der Waals surface area contributed by atoms with Gasteiger partial charge in [-0.3, -0.25) is 4.79 Å². The lowest BCUT2D eigenvalue weighted by Crippen LogP contribution is -2.36. The van der Waals surface area contributed by atoms with Gasteiger partial charge < -0.3 is 24.4 Å². The molecular formula is C22H28N2O4. The van der Waals surface area contributed by atoms with Gasteiger partial charge in [0, 0.05) is 30.9 Å². The van der Waals surface area contributed by atoms with Gasteiger partial charge in [0.25, 0.3) is 0 Å². The van der Waals surface area contributed by atoms with Crippen LogP contribution >= 0.6 is 0 Å². The summed E-state index contributed by atoms with van der Waals surface area (Å²) in [6, 6.07) is 15.5. The summed E-state index contributed by atoms with van der Waals surface area (Å²) in [6.07, 6.45) is 1.08. The standard InChI is InChI=1S/C22H28N2O4/c1-2-27-20-9-11-21(12-10-20)28-15-3-4-22(25)23-18-5-7-19(8-6-18)24-13-16-26-17-14-24/h5-12H,2-4,13-17H2,1H3,(H,23,25). The SMILES string of the molecule is CCOc1ccc(OCCCC(=O)Nc2ccc(N3CCOCC3)cc2)cc1. The van der Waals surface area contributed by atoms with Crippen molar-refractivity contribution in [1.82, 2.24) is 0 Å².